The lowest BCUT2D eigenvalue weighted by atomic mass is 10.1. The average molecular weight is 282 g/mol. The summed E-state index contributed by atoms with van der Waals surface area (Å²) < 4.78 is 5.05. The third kappa shape index (κ3) is 11.5. The number of halogens is 1. The first-order valence-corrected chi connectivity index (χ1v) is 5.74. The van der Waals surface area contributed by atoms with E-state index in [1.165, 1.54) is 0 Å². The summed E-state index contributed by atoms with van der Waals surface area (Å²) in [6, 6.07) is -0.600. The van der Waals surface area contributed by atoms with Gasteiger partial charge in [-0.3, -0.25) is 4.79 Å². The van der Waals surface area contributed by atoms with Crippen LogP contribution in [0.25, 0.3) is 0 Å². The van der Waals surface area contributed by atoms with Crippen molar-refractivity contribution in [3.63, 3.8) is 0 Å². The predicted molar refractivity (Wildman–Crippen MR) is 72.5 cm³/mol. The van der Waals surface area contributed by atoms with Gasteiger partial charge in [0.25, 0.3) is 0 Å². The van der Waals surface area contributed by atoms with Crippen molar-refractivity contribution in [2.24, 2.45) is 11.5 Å². The highest BCUT2D eigenvalue weighted by Crippen LogP contribution is 2.06. The van der Waals surface area contributed by atoms with Crippen LogP contribution in [-0.4, -0.2) is 30.2 Å². The molecule has 0 radical (unpaired) electrons. The van der Waals surface area contributed by atoms with E-state index >= 15 is 0 Å². The lowest BCUT2D eigenvalue weighted by Crippen LogP contribution is -2.36. The summed E-state index contributed by atoms with van der Waals surface area (Å²) in [6.45, 7) is 5.91. The second-order valence-corrected chi connectivity index (χ2v) is 4.93. The van der Waals surface area contributed by atoms with Crippen LogP contribution < -0.4 is 16.8 Å². The molecule has 0 aromatic heterocycles. The van der Waals surface area contributed by atoms with Gasteiger partial charge in [0.2, 0.25) is 5.91 Å². The van der Waals surface area contributed by atoms with Crippen molar-refractivity contribution in [2.45, 2.75) is 51.7 Å². The van der Waals surface area contributed by atoms with Crippen molar-refractivity contribution in [1.29, 1.82) is 0 Å². The predicted octanol–water partition coefficient (Wildman–Crippen LogP) is 0.916. The van der Waals surface area contributed by atoms with E-state index in [-0.39, 0.29) is 12.4 Å². The number of ether oxygens (including phenoxy) is 1. The molecule has 0 heterocycles. The Kier molecular flexibility index (Phi) is 9.66. The van der Waals surface area contributed by atoms with Crippen molar-refractivity contribution >= 4 is 24.4 Å². The Morgan fingerprint density at radius 2 is 1.83 bits per heavy atom. The number of unbranched alkanes of at least 4 members (excludes halogenated alkanes) is 1. The minimum Gasteiger partial charge on any atom is -0.444 e. The van der Waals surface area contributed by atoms with E-state index < -0.39 is 23.6 Å². The third-order valence-corrected chi connectivity index (χ3v) is 1.98. The van der Waals surface area contributed by atoms with Crippen molar-refractivity contribution < 1.29 is 14.3 Å². The molecule has 0 saturated carbocycles. The van der Waals surface area contributed by atoms with Crippen molar-refractivity contribution in [1.82, 2.24) is 5.32 Å². The Bertz CT molecular complexity index is 267. The lowest BCUT2D eigenvalue weighted by Gasteiger charge is -2.19. The summed E-state index contributed by atoms with van der Waals surface area (Å²) in [7, 11) is 0. The highest BCUT2D eigenvalue weighted by atomic mass is 35.5. The number of hydrogen-bond donors (Lipinski definition) is 3. The van der Waals surface area contributed by atoms with Crippen molar-refractivity contribution in [2.75, 3.05) is 6.54 Å². The summed E-state index contributed by atoms with van der Waals surface area (Å²) in [5.41, 5.74) is 9.98. The molecule has 2 amide bonds. The van der Waals surface area contributed by atoms with Crippen LogP contribution in [0.2, 0.25) is 0 Å². The first kappa shape index (κ1) is 19.3. The third-order valence-electron chi connectivity index (χ3n) is 1.98. The van der Waals surface area contributed by atoms with Gasteiger partial charge in [-0.1, -0.05) is 0 Å². The molecule has 1 atom stereocenters. The van der Waals surface area contributed by atoms with Gasteiger partial charge >= 0.3 is 6.09 Å². The molecule has 0 spiro atoms. The van der Waals surface area contributed by atoms with E-state index in [0.29, 0.717) is 13.0 Å². The molecular formula is C11H24ClN3O3. The number of nitrogens with two attached hydrogens (primary N) is 2. The normalized spacial score (nSPS) is 12.2. The fourth-order valence-corrected chi connectivity index (χ4v) is 1.14. The maximum atomic E-state index is 11.2. The first-order chi connectivity index (χ1) is 7.72. The van der Waals surface area contributed by atoms with E-state index in [1.54, 1.807) is 20.8 Å². The van der Waals surface area contributed by atoms with Crippen molar-refractivity contribution in [3.05, 3.63) is 0 Å². The lowest BCUT2D eigenvalue weighted by molar-refractivity contribution is -0.119. The van der Waals surface area contributed by atoms with Gasteiger partial charge in [-0.2, -0.15) is 0 Å². The number of carbonyl (C=O) groups excluding carboxylic acids is 2. The Balaban J connectivity index is 0. The summed E-state index contributed by atoms with van der Waals surface area (Å²) in [4.78, 5) is 21.9. The van der Waals surface area contributed by atoms with Crippen LogP contribution in [0.15, 0.2) is 0 Å². The van der Waals surface area contributed by atoms with Crippen LogP contribution >= 0.6 is 12.4 Å². The zero-order chi connectivity index (χ0) is 13.5. The Labute approximate surface area is 114 Å². The molecular weight excluding hydrogens is 258 g/mol. The minimum absolute atomic E-state index is 0. The van der Waals surface area contributed by atoms with E-state index in [1.807, 2.05) is 0 Å². The molecule has 0 aliphatic rings. The largest absolute Gasteiger partial charge is 0.444 e. The number of nitrogens with one attached hydrogen (secondary N) is 1. The number of amides is 2. The van der Waals surface area contributed by atoms with E-state index in [4.69, 9.17) is 16.2 Å². The van der Waals surface area contributed by atoms with Crippen LogP contribution in [0, 0.1) is 0 Å². The Hall–Kier alpha value is -1.01. The fourth-order valence-electron chi connectivity index (χ4n) is 1.14. The van der Waals surface area contributed by atoms with Gasteiger partial charge in [-0.05, 0) is 40.0 Å². The minimum atomic E-state index is -0.600. The van der Waals surface area contributed by atoms with E-state index in [0.717, 1.165) is 12.8 Å². The highest BCUT2D eigenvalue weighted by molar-refractivity contribution is 5.85. The van der Waals surface area contributed by atoms with Gasteiger partial charge in [0.05, 0.1) is 6.04 Å². The highest BCUT2D eigenvalue weighted by Gasteiger charge is 2.15. The second-order valence-electron chi connectivity index (χ2n) is 4.93. The molecule has 7 heteroatoms. The Morgan fingerprint density at radius 1 is 1.28 bits per heavy atom. The van der Waals surface area contributed by atoms with Gasteiger partial charge in [0.1, 0.15) is 5.60 Å². The molecule has 0 aliphatic carbocycles. The SMILES string of the molecule is CC(C)(C)OC(=O)NCCCCC(N)C(N)=O.Cl. The smallest absolute Gasteiger partial charge is 0.407 e. The molecule has 0 saturated heterocycles. The number of hydrogen-bond acceptors (Lipinski definition) is 4. The molecule has 1 unspecified atom stereocenters. The molecule has 0 aromatic rings. The zero-order valence-corrected chi connectivity index (χ0v) is 12.0. The average Bonchev–Trinajstić information content (AvgIpc) is 2.13. The molecule has 0 bridgehead atoms. The number of carbonyl (C=O) groups is 2. The van der Waals surface area contributed by atoms with E-state index in [2.05, 4.69) is 5.32 Å². The van der Waals surface area contributed by atoms with Gasteiger partial charge < -0.3 is 21.5 Å². The standard InChI is InChI=1S/C11H23N3O3.ClH/c1-11(2,3)17-10(16)14-7-5-4-6-8(12)9(13)15;/h8H,4-7,12H2,1-3H3,(H2,13,15)(H,14,16);1H. The quantitative estimate of drug-likeness (QED) is 0.629. The Morgan fingerprint density at radius 3 is 2.28 bits per heavy atom. The fraction of sp³-hybridized carbons (Fsp3) is 0.818. The van der Waals surface area contributed by atoms with Crippen LogP contribution in [-0.2, 0) is 9.53 Å². The molecule has 5 N–H and O–H groups in total. The molecule has 108 valence electrons. The van der Waals surface area contributed by atoms with Crippen molar-refractivity contribution in [3.8, 4) is 0 Å². The first-order valence-electron chi connectivity index (χ1n) is 5.74. The topological polar surface area (TPSA) is 107 Å². The van der Waals surface area contributed by atoms with Gasteiger partial charge in [0, 0.05) is 6.54 Å². The summed E-state index contributed by atoms with van der Waals surface area (Å²) >= 11 is 0. The maximum absolute atomic E-state index is 11.2. The monoisotopic (exact) mass is 281 g/mol. The summed E-state index contributed by atoms with van der Waals surface area (Å²) in [5, 5.41) is 2.62. The number of alkyl carbamates (subject to hydrolysis) is 1. The van der Waals surface area contributed by atoms with Crippen LogP contribution in [0.4, 0.5) is 4.79 Å². The van der Waals surface area contributed by atoms with Gasteiger partial charge in [-0.25, -0.2) is 4.79 Å². The number of rotatable bonds is 6. The van der Waals surface area contributed by atoms with Crippen LogP contribution in [0.1, 0.15) is 40.0 Å². The summed E-state index contributed by atoms with van der Waals surface area (Å²) in [5.74, 6) is -0.495. The summed E-state index contributed by atoms with van der Waals surface area (Å²) in [6.07, 6.45) is 1.57. The molecule has 6 nitrogen and oxygen atoms in total. The van der Waals surface area contributed by atoms with Crippen LogP contribution in [0.5, 0.6) is 0 Å². The van der Waals surface area contributed by atoms with E-state index in [9.17, 15) is 9.59 Å². The van der Waals surface area contributed by atoms with Crippen LogP contribution in [0.3, 0.4) is 0 Å². The molecule has 0 fully saturated rings. The molecule has 0 rings (SSSR count). The molecule has 0 aliphatic heterocycles. The molecule has 0 aromatic carbocycles. The van der Waals surface area contributed by atoms with Gasteiger partial charge in [-0.15, -0.1) is 12.4 Å². The maximum Gasteiger partial charge on any atom is 0.407 e. The second kappa shape index (κ2) is 8.99. The molecule has 18 heavy (non-hydrogen) atoms. The zero-order valence-electron chi connectivity index (χ0n) is 11.2. The number of primary amides is 1. The van der Waals surface area contributed by atoms with Gasteiger partial charge in [0.15, 0.2) is 0 Å².